The molecule has 5 heteroatoms. The molecule has 0 amide bonds. The van der Waals surface area contributed by atoms with Gasteiger partial charge < -0.3 is 14.7 Å². The van der Waals surface area contributed by atoms with E-state index in [1.165, 1.54) is 33.8 Å². The number of nitrogens with zero attached hydrogens (tertiary/aromatic N) is 4. The molecule has 250 valence electrons. The van der Waals surface area contributed by atoms with Crippen LogP contribution < -0.4 is 25.1 Å². The Balaban J connectivity index is 1.58. The van der Waals surface area contributed by atoms with E-state index < -0.39 is 5.54 Å². The Morgan fingerprint density at radius 3 is 1.42 bits per heavy atom. The van der Waals surface area contributed by atoms with Crippen LogP contribution in [0, 0.1) is 0 Å². The Labute approximate surface area is 289 Å². The third kappa shape index (κ3) is 7.62. The van der Waals surface area contributed by atoms with Gasteiger partial charge in [0, 0.05) is 56.3 Å². The lowest BCUT2D eigenvalue weighted by Gasteiger charge is -2.37. The molecule has 1 unspecified atom stereocenters. The van der Waals surface area contributed by atoms with Crippen LogP contribution in [0.25, 0.3) is 12.2 Å². The summed E-state index contributed by atoms with van der Waals surface area (Å²) < 4.78 is 0. The van der Waals surface area contributed by atoms with E-state index in [0.717, 1.165) is 50.7 Å². The van der Waals surface area contributed by atoms with Crippen molar-refractivity contribution in [2.45, 2.75) is 47.1 Å². The summed E-state index contributed by atoms with van der Waals surface area (Å²) in [5, 5.41) is 2.29. The van der Waals surface area contributed by atoms with Crippen molar-refractivity contribution >= 4 is 34.9 Å². The topological polar surface area (TPSA) is 25.0 Å². The number of benzene rings is 4. The lowest BCUT2D eigenvalue weighted by Crippen LogP contribution is -2.46. The first kappa shape index (κ1) is 34.4. The van der Waals surface area contributed by atoms with Gasteiger partial charge in [0.1, 0.15) is 5.54 Å². The fourth-order valence-corrected chi connectivity index (χ4v) is 6.63. The molecule has 0 saturated heterocycles. The first-order valence-electron chi connectivity index (χ1n) is 17.8. The Kier molecular flexibility index (Phi) is 11.7. The average Bonchev–Trinajstić information content (AvgIpc) is 3.52. The molecule has 0 radical (unpaired) electrons. The standard InChI is InChI=1S/C43H53N5/c1-7-45(8-2)39-26-19-35(20-27-39)18-25-38-34-43(48(44-38)42-16-14-13-15-17-42,37-23-30-41(31-24-37)47(11-5)12-6)33-32-36-21-28-40(29-22-36)46(9-3)10-4/h13-34,44H,7-12H2,1-6H3. The van der Waals surface area contributed by atoms with Crippen molar-refractivity contribution in [3.8, 4) is 0 Å². The summed E-state index contributed by atoms with van der Waals surface area (Å²) in [5.41, 5.74) is 12.6. The molecule has 5 nitrogen and oxygen atoms in total. The molecule has 0 bridgehead atoms. The molecule has 0 aliphatic carbocycles. The van der Waals surface area contributed by atoms with Gasteiger partial charge in [-0.05, 0) is 125 Å². The molecular formula is C43H53N5. The summed E-state index contributed by atoms with van der Waals surface area (Å²) in [6.45, 7) is 19.2. The smallest absolute Gasteiger partial charge is 0.125 e. The summed E-state index contributed by atoms with van der Waals surface area (Å²) in [5.74, 6) is 0. The van der Waals surface area contributed by atoms with E-state index in [2.05, 4.69) is 200 Å². The van der Waals surface area contributed by atoms with Gasteiger partial charge in [-0.2, -0.15) is 0 Å². The number of hydrogen-bond donors (Lipinski definition) is 1. The molecule has 1 N–H and O–H groups in total. The van der Waals surface area contributed by atoms with E-state index >= 15 is 0 Å². The van der Waals surface area contributed by atoms with E-state index in [4.69, 9.17) is 0 Å². The monoisotopic (exact) mass is 639 g/mol. The second-order valence-electron chi connectivity index (χ2n) is 12.1. The molecule has 4 aromatic rings. The van der Waals surface area contributed by atoms with Crippen LogP contribution >= 0.6 is 0 Å². The van der Waals surface area contributed by atoms with E-state index in [0.29, 0.717) is 0 Å². The lowest BCUT2D eigenvalue weighted by molar-refractivity contribution is 0.598. The number of anilines is 4. The zero-order valence-corrected chi connectivity index (χ0v) is 29.7. The molecule has 1 heterocycles. The number of nitrogens with one attached hydrogen (secondary N) is 1. The second kappa shape index (κ2) is 16.3. The molecule has 48 heavy (non-hydrogen) atoms. The molecule has 4 aromatic carbocycles. The zero-order chi connectivity index (χ0) is 33.9. The normalized spacial score (nSPS) is 16.0. The quantitative estimate of drug-likeness (QED) is 0.140. The molecule has 0 aromatic heterocycles. The van der Waals surface area contributed by atoms with Gasteiger partial charge >= 0.3 is 0 Å². The summed E-state index contributed by atoms with van der Waals surface area (Å²) in [4.78, 5) is 7.14. The summed E-state index contributed by atoms with van der Waals surface area (Å²) >= 11 is 0. The van der Waals surface area contributed by atoms with Gasteiger partial charge in [-0.1, -0.05) is 66.7 Å². The van der Waals surface area contributed by atoms with Gasteiger partial charge in [-0.15, -0.1) is 0 Å². The van der Waals surface area contributed by atoms with Crippen molar-refractivity contribution in [3.05, 3.63) is 144 Å². The third-order valence-electron chi connectivity index (χ3n) is 9.49. The van der Waals surface area contributed by atoms with Crippen LogP contribution in [0.4, 0.5) is 22.7 Å². The van der Waals surface area contributed by atoms with Crippen LogP contribution in [0.15, 0.2) is 127 Å². The molecule has 0 spiro atoms. The van der Waals surface area contributed by atoms with Crippen LogP contribution in [0.5, 0.6) is 0 Å². The fourth-order valence-electron chi connectivity index (χ4n) is 6.63. The van der Waals surface area contributed by atoms with Crippen molar-refractivity contribution in [2.75, 3.05) is 59.0 Å². The van der Waals surface area contributed by atoms with Crippen molar-refractivity contribution in [1.82, 2.24) is 5.43 Å². The van der Waals surface area contributed by atoms with E-state index in [-0.39, 0.29) is 0 Å². The zero-order valence-electron chi connectivity index (χ0n) is 29.7. The van der Waals surface area contributed by atoms with Gasteiger partial charge in [-0.3, -0.25) is 10.4 Å². The number of hydrogen-bond acceptors (Lipinski definition) is 5. The Bertz CT molecular complexity index is 1640. The van der Waals surface area contributed by atoms with Crippen LogP contribution in [0.3, 0.4) is 0 Å². The van der Waals surface area contributed by atoms with Gasteiger partial charge in [0.25, 0.3) is 0 Å². The fraction of sp³-hybridized carbons (Fsp3) is 0.302. The molecule has 1 aliphatic rings. The first-order chi connectivity index (χ1) is 23.5. The molecule has 1 aliphatic heterocycles. The number of allylic oxidation sites excluding steroid dienone is 1. The molecular weight excluding hydrogens is 587 g/mol. The Morgan fingerprint density at radius 2 is 0.958 bits per heavy atom. The van der Waals surface area contributed by atoms with Gasteiger partial charge in [-0.25, -0.2) is 0 Å². The number of hydrazine groups is 1. The van der Waals surface area contributed by atoms with Crippen molar-refractivity contribution < 1.29 is 0 Å². The van der Waals surface area contributed by atoms with Crippen molar-refractivity contribution in [3.63, 3.8) is 0 Å². The predicted molar refractivity (Wildman–Crippen MR) is 210 cm³/mol. The minimum absolute atomic E-state index is 0.576. The largest absolute Gasteiger partial charge is 0.372 e. The van der Waals surface area contributed by atoms with Crippen LogP contribution in [-0.2, 0) is 5.54 Å². The summed E-state index contributed by atoms with van der Waals surface area (Å²) in [6.07, 6.45) is 11.3. The minimum Gasteiger partial charge on any atom is -0.372 e. The third-order valence-corrected chi connectivity index (χ3v) is 9.49. The highest BCUT2D eigenvalue weighted by Crippen LogP contribution is 2.41. The predicted octanol–water partition coefficient (Wildman–Crippen LogP) is 9.76. The molecule has 0 fully saturated rings. The Hall–Kier alpha value is -4.90. The summed E-state index contributed by atoms with van der Waals surface area (Å²) in [7, 11) is 0. The number of rotatable bonds is 15. The first-order valence-corrected chi connectivity index (χ1v) is 17.8. The van der Waals surface area contributed by atoms with Crippen LogP contribution in [0.2, 0.25) is 0 Å². The number of para-hydroxylation sites is 1. The van der Waals surface area contributed by atoms with Gasteiger partial charge in [0.2, 0.25) is 0 Å². The van der Waals surface area contributed by atoms with Crippen molar-refractivity contribution in [1.29, 1.82) is 0 Å². The molecule has 5 rings (SSSR count). The maximum Gasteiger partial charge on any atom is 0.125 e. The Morgan fingerprint density at radius 1 is 0.521 bits per heavy atom. The maximum absolute atomic E-state index is 3.78. The van der Waals surface area contributed by atoms with Crippen LogP contribution in [0.1, 0.15) is 58.2 Å². The highest BCUT2D eigenvalue weighted by molar-refractivity contribution is 5.67. The SMILES string of the molecule is CCN(CC)c1ccc(C=CC2=CC(C=Cc3ccc(N(CC)CC)cc3)(c3ccc(N(CC)CC)cc3)N(c3ccccc3)N2)cc1. The van der Waals surface area contributed by atoms with E-state index in [1.54, 1.807) is 0 Å². The molecule has 1 atom stereocenters. The highest BCUT2D eigenvalue weighted by atomic mass is 15.6. The summed E-state index contributed by atoms with van der Waals surface area (Å²) in [6, 6.07) is 37.5. The van der Waals surface area contributed by atoms with E-state index in [1.807, 2.05) is 0 Å². The van der Waals surface area contributed by atoms with E-state index in [9.17, 15) is 0 Å². The van der Waals surface area contributed by atoms with Crippen molar-refractivity contribution in [2.24, 2.45) is 0 Å². The molecule has 0 saturated carbocycles. The second-order valence-corrected chi connectivity index (χ2v) is 12.1. The van der Waals surface area contributed by atoms with Gasteiger partial charge in [0.15, 0.2) is 0 Å². The maximum atomic E-state index is 3.78. The van der Waals surface area contributed by atoms with Gasteiger partial charge in [0.05, 0.1) is 11.4 Å². The highest BCUT2D eigenvalue weighted by Gasteiger charge is 2.40. The minimum atomic E-state index is -0.576. The van der Waals surface area contributed by atoms with Crippen LogP contribution in [-0.4, -0.2) is 39.3 Å². The lowest BCUT2D eigenvalue weighted by atomic mass is 9.87. The average molecular weight is 640 g/mol.